The minimum absolute atomic E-state index is 0.0814. The van der Waals surface area contributed by atoms with Crippen LogP contribution in [0.1, 0.15) is 21.5 Å². The molecule has 4 nitrogen and oxygen atoms in total. The zero-order valence-electron chi connectivity index (χ0n) is 11.1. The normalized spacial score (nSPS) is 12.6. The number of carbonyl (C=O) groups is 1. The number of benzene rings is 2. The van der Waals surface area contributed by atoms with E-state index in [2.05, 4.69) is 5.32 Å². The van der Waals surface area contributed by atoms with Gasteiger partial charge >= 0.3 is 0 Å². The summed E-state index contributed by atoms with van der Waals surface area (Å²) in [7, 11) is 0. The van der Waals surface area contributed by atoms with E-state index in [9.17, 15) is 4.79 Å². The van der Waals surface area contributed by atoms with Crippen LogP contribution in [0.5, 0.6) is 5.75 Å². The van der Waals surface area contributed by atoms with Crippen LogP contribution in [0.2, 0.25) is 0 Å². The number of rotatable bonds is 3. The summed E-state index contributed by atoms with van der Waals surface area (Å²) in [5.41, 5.74) is 9.16. The molecule has 1 heterocycles. The van der Waals surface area contributed by atoms with Crippen molar-refractivity contribution < 1.29 is 9.53 Å². The average molecular weight is 268 g/mol. The molecule has 0 atom stereocenters. The quantitative estimate of drug-likeness (QED) is 0.838. The molecule has 0 saturated heterocycles. The summed E-state index contributed by atoms with van der Waals surface area (Å²) < 4.78 is 5.43. The Morgan fingerprint density at radius 3 is 3.00 bits per heavy atom. The molecular formula is C16H16N2O2. The lowest BCUT2D eigenvalue weighted by atomic mass is 10.1. The smallest absolute Gasteiger partial charge is 0.251 e. The highest BCUT2D eigenvalue weighted by Crippen LogP contribution is 2.25. The molecule has 4 heteroatoms. The molecule has 0 unspecified atom stereocenters. The molecule has 0 aliphatic carbocycles. The Labute approximate surface area is 117 Å². The third kappa shape index (κ3) is 2.59. The van der Waals surface area contributed by atoms with Gasteiger partial charge in [0.2, 0.25) is 0 Å². The van der Waals surface area contributed by atoms with Crippen molar-refractivity contribution in [2.24, 2.45) is 0 Å². The SMILES string of the molecule is Nc1cccc(CNC(=O)c2ccc3c(c2)CCO3)c1. The van der Waals surface area contributed by atoms with Gasteiger partial charge in [0.15, 0.2) is 0 Å². The third-order valence-electron chi connectivity index (χ3n) is 3.36. The van der Waals surface area contributed by atoms with E-state index in [4.69, 9.17) is 10.5 Å². The summed E-state index contributed by atoms with van der Waals surface area (Å²) in [4.78, 5) is 12.1. The van der Waals surface area contributed by atoms with Crippen LogP contribution in [-0.2, 0) is 13.0 Å². The number of hydrogen-bond donors (Lipinski definition) is 2. The summed E-state index contributed by atoms with van der Waals surface area (Å²) in [6, 6.07) is 13.0. The van der Waals surface area contributed by atoms with Gasteiger partial charge in [-0.05, 0) is 41.5 Å². The summed E-state index contributed by atoms with van der Waals surface area (Å²) in [5.74, 6) is 0.805. The topological polar surface area (TPSA) is 64.3 Å². The summed E-state index contributed by atoms with van der Waals surface area (Å²) in [6.07, 6.45) is 0.867. The van der Waals surface area contributed by atoms with Crippen molar-refractivity contribution >= 4 is 11.6 Å². The van der Waals surface area contributed by atoms with Crippen LogP contribution >= 0.6 is 0 Å². The molecule has 1 amide bonds. The number of nitrogens with two attached hydrogens (primary N) is 1. The van der Waals surface area contributed by atoms with Gasteiger partial charge in [0.1, 0.15) is 5.75 Å². The number of nitrogens with one attached hydrogen (secondary N) is 1. The molecular weight excluding hydrogens is 252 g/mol. The predicted octanol–water partition coefficient (Wildman–Crippen LogP) is 2.13. The van der Waals surface area contributed by atoms with Gasteiger partial charge in [-0.25, -0.2) is 0 Å². The van der Waals surface area contributed by atoms with Crippen LogP contribution in [-0.4, -0.2) is 12.5 Å². The van der Waals surface area contributed by atoms with Crippen LogP contribution in [0, 0.1) is 0 Å². The number of anilines is 1. The lowest BCUT2D eigenvalue weighted by Gasteiger charge is -2.07. The molecule has 0 aromatic heterocycles. The van der Waals surface area contributed by atoms with Gasteiger partial charge in [0, 0.05) is 24.2 Å². The molecule has 102 valence electrons. The fraction of sp³-hybridized carbons (Fsp3) is 0.188. The van der Waals surface area contributed by atoms with Gasteiger partial charge in [-0.15, -0.1) is 0 Å². The third-order valence-corrected chi connectivity index (χ3v) is 3.36. The van der Waals surface area contributed by atoms with Crippen molar-refractivity contribution in [2.75, 3.05) is 12.3 Å². The van der Waals surface area contributed by atoms with E-state index in [1.54, 1.807) is 6.07 Å². The molecule has 20 heavy (non-hydrogen) atoms. The largest absolute Gasteiger partial charge is 0.493 e. The van der Waals surface area contributed by atoms with Gasteiger partial charge in [-0.1, -0.05) is 12.1 Å². The van der Waals surface area contributed by atoms with E-state index in [0.29, 0.717) is 24.4 Å². The molecule has 3 rings (SSSR count). The lowest BCUT2D eigenvalue weighted by molar-refractivity contribution is 0.0951. The molecule has 0 fully saturated rings. The maximum Gasteiger partial charge on any atom is 0.251 e. The zero-order chi connectivity index (χ0) is 13.9. The Morgan fingerprint density at radius 1 is 1.25 bits per heavy atom. The minimum Gasteiger partial charge on any atom is -0.493 e. The molecule has 2 aromatic carbocycles. The first-order valence-corrected chi connectivity index (χ1v) is 6.61. The van der Waals surface area contributed by atoms with Crippen molar-refractivity contribution in [3.8, 4) is 5.75 Å². The Kier molecular flexibility index (Phi) is 3.29. The van der Waals surface area contributed by atoms with Crippen LogP contribution in [0.4, 0.5) is 5.69 Å². The van der Waals surface area contributed by atoms with Crippen molar-refractivity contribution in [3.05, 3.63) is 59.2 Å². The molecule has 2 aromatic rings. The molecule has 0 radical (unpaired) electrons. The van der Waals surface area contributed by atoms with Gasteiger partial charge < -0.3 is 15.8 Å². The first-order valence-electron chi connectivity index (χ1n) is 6.61. The molecule has 3 N–H and O–H groups in total. The van der Waals surface area contributed by atoms with Crippen molar-refractivity contribution in [2.45, 2.75) is 13.0 Å². The average Bonchev–Trinajstić information content (AvgIpc) is 2.92. The number of hydrogen-bond acceptors (Lipinski definition) is 3. The number of carbonyl (C=O) groups excluding carboxylic acids is 1. The van der Waals surface area contributed by atoms with Crippen LogP contribution in [0.25, 0.3) is 0 Å². The van der Waals surface area contributed by atoms with Crippen LogP contribution in [0.3, 0.4) is 0 Å². The molecule has 0 saturated carbocycles. The highest BCUT2D eigenvalue weighted by molar-refractivity contribution is 5.94. The maximum absolute atomic E-state index is 12.1. The lowest BCUT2D eigenvalue weighted by Crippen LogP contribution is -2.22. The minimum atomic E-state index is -0.0814. The molecule has 1 aliphatic heterocycles. The number of nitrogen functional groups attached to an aromatic ring is 1. The van der Waals surface area contributed by atoms with Gasteiger partial charge in [0.25, 0.3) is 5.91 Å². The standard InChI is InChI=1S/C16H16N2O2/c17-14-3-1-2-11(8-14)10-18-16(19)13-4-5-15-12(9-13)6-7-20-15/h1-5,8-9H,6-7,10,17H2,(H,18,19). The molecule has 0 bridgehead atoms. The monoisotopic (exact) mass is 268 g/mol. The Balaban J connectivity index is 1.67. The highest BCUT2D eigenvalue weighted by atomic mass is 16.5. The van der Waals surface area contributed by atoms with Gasteiger partial charge in [0.05, 0.1) is 6.61 Å². The van der Waals surface area contributed by atoms with Gasteiger partial charge in [-0.3, -0.25) is 4.79 Å². The first-order chi connectivity index (χ1) is 9.72. The van der Waals surface area contributed by atoms with Crippen molar-refractivity contribution in [1.29, 1.82) is 0 Å². The van der Waals surface area contributed by atoms with Crippen molar-refractivity contribution in [3.63, 3.8) is 0 Å². The Hall–Kier alpha value is -2.49. The zero-order valence-corrected chi connectivity index (χ0v) is 11.1. The van der Waals surface area contributed by atoms with E-state index in [-0.39, 0.29) is 5.91 Å². The van der Waals surface area contributed by atoms with Crippen molar-refractivity contribution in [1.82, 2.24) is 5.32 Å². The number of amides is 1. The van der Waals surface area contributed by atoms with Crippen LogP contribution < -0.4 is 15.8 Å². The second-order valence-electron chi connectivity index (χ2n) is 4.85. The fourth-order valence-corrected chi connectivity index (χ4v) is 2.32. The van der Waals surface area contributed by atoms with E-state index in [1.165, 1.54) is 0 Å². The van der Waals surface area contributed by atoms with E-state index in [0.717, 1.165) is 23.3 Å². The summed E-state index contributed by atoms with van der Waals surface area (Å²) >= 11 is 0. The second-order valence-corrected chi connectivity index (χ2v) is 4.85. The van der Waals surface area contributed by atoms with E-state index < -0.39 is 0 Å². The highest BCUT2D eigenvalue weighted by Gasteiger charge is 2.14. The predicted molar refractivity (Wildman–Crippen MR) is 77.7 cm³/mol. The number of fused-ring (bicyclic) bond motifs is 1. The summed E-state index contributed by atoms with van der Waals surface area (Å²) in [6.45, 7) is 1.17. The fourth-order valence-electron chi connectivity index (χ4n) is 2.32. The first kappa shape index (κ1) is 12.5. The Morgan fingerprint density at radius 2 is 2.15 bits per heavy atom. The van der Waals surface area contributed by atoms with Gasteiger partial charge in [-0.2, -0.15) is 0 Å². The summed E-state index contributed by atoms with van der Waals surface area (Å²) in [5, 5.41) is 2.90. The van der Waals surface area contributed by atoms with E-state index in [1.807, 2.05) is 36.4 Å². The maximum atomic E-state index is 12.1. The van der Waals surface area contributed by atoms with E-state index >= 15 is 0 Å². The Bertz CT molecular complexity index is 653. The van der Waals surface area contributed by atoms with Crippen LogP contribution in [0.15, 0.2) is 42.5 Å². The molecule has 1 aliphatic rings. The second kappa shape index (κ2) is 5.25. The number of ether oxygens (including phenoxy) is 1. The molecule has 0 spiro atoms.